The third kappa shape index (κ3) is 1.72. The lowest BCUT2D eigenvalue weighted by molar-refractivity contribution is 0.112. The molecular weight excluding hydrogens is 214 g/mol. The first-order valence-corrected chi connectivity index (χ1v) is 5.28. The molecule has 0 unspecified atom stereocenters. The molecule has 0 saturated heterocycles. The number of hydrogen-bond acceptors (Lipinski definition) is 3. The van der Waals surface area contributed by atoms with Crippen molar-refractivity contribution in [3.05, 3.63) is 54.1 Å². The van der Waals surface area contributed by atoms with Gasteiger partial charge in [0, 0.05) is 11.1 Å². The van der Waals surface area contributed by atoms with Gasteiger partial charge in [-0.2, -0.15) is 0 Å². The second-order valence-corrected chi connectivity index (χ2v) is 3.73. The Kier molecular flexibility index (Phi) is 2.22. The smallest absolute Gasteiger partial charge is 0.227 e. The van der Waals surface area contributed by atoms with Gasteiger partial charge in [-0.15, -0.1) is 0 Å². The van der Waals surface area contributed by atoms with Gasteiger partial charge in [0.25, 0.3) is 0 Å². The van der Waals surface area contributed by atoms with E-state index in [0.717, 1.165) is 11.8 Å². The van der Waals surface area contributed by atoms with Crippen LogP contribution in [0.25, 0.3) is 22.6 Å². The molecule has 1 heterocycles. The minimum atomic E-state index is 0.573. The van der Waals surface area contributed by atoms with E-state index in [9.17, 15) is 4.79 Å². The van der Waals surface area contributed by atoms with Crippen LogP contribution in [0, 0.1) is 0 Å². The second kappa shape index (κ2) is 3.87. The molecule has 0 aliphatic rings. The van der Waals surface area contributed by atoms with E-state index < -0.39 is 0 Å². The van der Waals surface area contributed by atoms with E-state index >= 15 is 0 Å². The van der Waals surface area contributed by atoms with Gasteiger partial charge in [0.1, 0.15) is 11.8 Å². The average Bonchev–Trinajstić information content (AvgIpc) is 2.82. The first kappa shape index (κ1) is 9.78. The Labute approximate surface area is 97.7 Å². The molecule has 1 aromatic heterocycles. The summed E-state index contributed by atoms with van der Waals surface area (Å²) in [5.41, 5.74) is 2.92. The number of benzene rings is 2. The molecule has 3 heteroatoms. The van der Waals surface area contributed by atoms with Crippen molar-refractivity contribution in [3.63, 3.8) is 0 Å². The summed E-state index contributed by atoms with van der Waals surface area (Å²) in [4.78, 5) is 15.0. The van der Waals surface area contributed by atoms with Crippen molar-refractivity contribution in [2.45, 2.75) is 0 Å². The topological polar surface area (TPSA) is 43.1 Å². The standard InChI is InChI=1S/C14H9NO2/c16-9-10-6-7-13-12(8-10)15-14(17-13)11-4-2-1-3-5-11/h1-9H. The van der Waals surface area contributed by atoms with Crippen LogP contribution in [0.3, 0.4) is 0 Å². The minimum Gasteiger partial charge on any atom is -0.436 e. The molecule has 0 atom stereocenters. The van der Waals surface area contributed by atoms with Gasteiger partial charge in [0.05, 0.1) is 0 Å². The number of aldehydes is 1. The van der Waals surface area contributed by atoms with Gasteiger partial charge < -0.3 is 4.42 Å². The normalized spacial score (nSPS) is 10.6. The zero-order valence-corrected chi connectivity index (χ0v) is 8.96. The highest BCUT2D eigenvalue weighted by Crippen LogP contribution is 2.24. The summed E-state index contributed by atoms with van der Waals surface area (Å²) >= 11 is 0. The molecule has 3 rings (SSSR count). The Morgan fingerprint density at radius 3 is 2.65 bits per heavy atom. The van der Waals surface area contributed by atoms with Crippen LogP contribution in [-0.4, -0.2) is 11.3 Å². The number of carbonyl (C=O) groups excluding carboxylic acids is 1. The van der Waals surface area contributed by atoms with Crippen LogP contribution in [0.5, 0.6) is 0 Å². The summed E-state index contributed by atoms with van der Waals surface area (Å²) in [6.07, 6.45) is 0.802. The zero-order chi connectivity index (χ0) is 11.7. The van der Waals surface area contributed by atoms with Gasteiger partial charge >= 0.3 is 0 Å². The van der Waals surface area contributed by atoms with Crippen LogP contribution in [0.1, 0.15) is 10.4 Å². The third-order valence-corrected chi connectivity index (χ3v) is 2.57. The van der Waals surface area contributed by atoms with Gasteiger partial charge in [-0.25, -0.2) is 4.98 Å². The lowest BCUT2D eigenvalue weighted by Gasteiger charge is -1.91. The molecule has 0 saturated carbocycles. The predicted octanol–water partition coefficient (Wildman–Crippen LogP) is 3.31. The fraction of sp³-hybridized carbons (Fsp3) is 0. The Bertz CT molecular complexity index is 671. The number of oxazole rings is 1. The number of rotatable bonds is 2. The quantitative estimate of drug-likeness (QED) is 0.626. The van der Waals surface area contributed by atoms with E-state index in [4.69, 9.17) is 4.42 Å². The summed E-state index contributed by atoms with van der Waals surface area (Å²) in [5.74, 6) is 0.573. The fourth-order valence-corrected chi connectivity index (χ4v) is 1.72. The second-order valence-electron chi connectivity index (χ2n) is 3.73. The molecule has 0 amide bonds. The van der Waals surface area contributed by atoms with Gasteiger partial charge in [0.15, 0.2) is 5.58 Å². The molecule has 0 aliphatic heterocycles. The highest BCUT2D eigenvalue weighted by Gasteiger charge is 2.07. The lowest BCUT2D eigenvalue weighted by Crippen LogP contribution is -1.78. The van der Waals surface area contributed by atoms with Gasteiger partial charge in [-0.1, -0.05) is 18.2 Å². The maximum absolute atomic E-state index is 10.7. The summed E-state index contributed by atoms with van der Waals surface area (Å²) in [5, 5.41) is 0. The van der Waals surface area contributed by atoms with Crippen molar-refractivity contribution in [2.24, 2.45) is 0 Å². The summed E-state index contributed by atoms with van der Waals surface area (Å²) in [6, 6.07) is 14.9. The molecule has 3 nitrogen and oxygen atoms in total. The molecule has 0 spiro atoms. The molecule has 2 aromatic carbocycles. The highest BCUT2D eigenvalue weighted by atomic mass is 16.3. The Morgan fingerprint density at radius 2 is 1.88 bits per heavy atom. The Balaban J connectivity index is 2.17. The third-order valence-electron chi connectivity index (χ3n) is 2.57. The van der Waals surface area contributed by atoms with Crippen molar-refractivity contribution in [1.82, 2.24) is 4.98 Å². The minimum absolute atomic E-state index is 0.573. The number of nitrogens with zero attached hydrogens (tertiary/aromatic N) is 1. The van der Waals surface area contributed by atoms with E-state index in [2.05, 4.69) is 4.98 Å². The maximum atomic E-state index is 10.7. The first-order chi connectivity index (χ1) is 8.36. The molecule has 3 aromatic rings. The van der Waals surface area contributed by atoms with Crippen LogP contribution in [-0.2, 0) is 0 Å². The molecule has 82 valence electrons. The van der Waals surface area contributed by atoms with Gasteiger partial charge in [-0.05, 0) is 30.3 Å². The van der Waals surface area contributed by atoms with Crippen molar-refractivity contribution >= 4 is 17.4 Å². The molecule has 0 radical (unpaired) electrons. The SMILES string of the molecule is O=Cc1ccc2oc(-c3ccccc3)nc2c1. The monoisotopic (exact) mass is 223 g/mol. The molecule has 0 N–H and O–H groups in total. The molecular formula is C14H9NO2. The van der Waals surface area contributed by atoms with Crippen molar-refractivity contribution < 1.29 is 9.21 Å². The van der Waals surface area contributed by atoms with Crippen molar-refractivity contribution in [1.29, 1.82) is 0 Å². The number of hydrogen-bond donors (Lipinski definition) is 0. The summed E-state index contributed by atoms with van der Waals surface area (Å²) < 4.78 is 5.63. The first-order valence-electron chi connectivity index (χ1n) is 5.28. The fourth-order valence-electron chi connectivity index (χ4n) is 1.72. The largest absolute Gasteiger partial charge is 0.436 e. The van der Waals surface area contributed by atoms with Crippen LogP contribution in [0.15, 0.2) is 52.9 Å². The van der Waals surface area contributed by atoms with Crippen LogP contribution in [0.4, 0.5) is 0 Å². The van der Waals surface area contributed by atoms with E-state index in [-0.39, 0.29) is 0 Å². The molecule has 17 heavy (non-hydrogen) atoms. The summed E-state index contributed by atoms with van der Waals surface area (Å²) in [6.45, 7) is 0. The molecule has 0 aliphatic carbocycles. The number of carbonyl (C=O) groups is 1. The Hall–Kier alpha value is -2.42. The van der Waals surface area contributed by atoms with E-state index in [0.29, 0.717) is 22.6 Å². The van der Waals surface area contributed by atoms with Crippen LogP contribution in [0.2, 0.25) is 0 Å². The van der Waals surface area contributed by atoms with E-state index in [1.807, 2.05) is 30.3 Å². The highest BCUT2D eigenvalue weighted by molar-refractivity contribution is 5.84. The molecule has 0 fully saturated rings. The molecule has 0 bridgehead atoms. The van der Waals surface area contributed by atoms with Gasteiger partial charge in [-0.3, -0.25) is 4.79 Å². The van der Waals surface area contributed by atoms with Crippen LogP contribution < -0.4 is 0 Å². The summed E-state index contributed by atoms with van der Waals surface area (Å²) in [7, 11) is 0. The van der Waals surface area contributed by atoms with Crippen molar-refractivity contribution in [2.75, 3.05) is 0 Å². The average molecular weight is 223 g/mol. The van der Waals surface area contributed by atoms with Gasteiger partial charge in [0.2, 0.25) is 5.89 Å². The van der Waals surface area contributed by atoms with E-state index in [1.165, 1.54) is 0 Å². The van der Waals surface area contributed by atoms with Crippen LogP contribution >= 0.6 is 0 Å². The van der Waals surface area contributed by atoms with Crippen molar-refractivity contribution in [3.8, 4) is 11.5 Å². The predicted molar refractivity (Wildman–Crippen MR) is 64.8 cm³/mol. The number of fused-ring (bicyclic) bond motifs is 1. The maximum Gasteiger partial charge on any atom is 0.227 e. The lowest BCUT2D eigenvalue weighted by atomic mass is 10.2. The Morgan fingerprint density at radius 1 is 1.06 bits per heavy atom. The zero-order valence-electron chi connectivity index (χ0n) is 8.96. The number of aromatic nitrogens is 1. The van der Waals surface area contributed by atoms with E-state index in [1.54, 1.807) is 18.2 Å².